The number of nitrogens with zero attached hydrogens (tertiary/aromatic N) is 1. The van der Waals surface area contributed by atoms with Gasteiger partial charge in [0, 0.05) is 24.0 Å². The second-order valence-electron chi connectivity index (χ2n) is 2.89. The molecule has 1 rings (SSSR count). The molecule has 0 spiro atoms. The summed E-state index contributed by atoms with van der Waals surface area (Å²) in [6, 6.07) is 1.74. The quantitative estimate of drug-likeness (QED) is 0.679. The van der Waals surface area contributed by atoms with E-state index >= 15 is 0 Å². The summed E-state index contributed by atoms with van der Waals surface area (Å²) in [7, 11) is 0. The Morgan fingerprint density at radius 2 is 2.50 bits per heavy atom. The Morgan fingerprint density at radius 3 is 3.08 bits per heavy atom. The number of hydrogen-bond acceptors (Lipinski definition) is 3. The first-order valence-corrected chi connectivity index (χ1v) is 3.87. The number of pyridine rings is 1. The maximum Gasteiger partial charge on any atom is 0.123 e. The average molecular weight is 164 g/mol. The van der Waals surface area contributed by atoms with Gasteiger partial charge in [0.2, 0.25) is 0 Å². The maximum atomic E-state index is 10.4. The zero-order valence-corrected chi connectivity index (χ0v) is 7.03. The van der Waals surface area contributed by atoms with Crippen LogP contribution in [0.5, 0.6) is 0 Å². The Bertz CT molecular complexity index is 273. The summed E-state index contributed by atoms with van der Waals surface area (Å²) < 4.78 is 0. The molecular weight excluding hydrogens is 152 g/mol. The molecule has 0 aliphatic carbocycles. The second-order valence-corrected chi connectivity index (χ2v) is 2.89. The predicted molar refractivity (Wildman–Crippen MR) is 47.6 cm³/mol. The zero-order valence-electron chi connectivity index (χ0n) is 7.03. The Kier molecular flexibility index (Phi) is 2.80. The van der Waals surface area contributed by atoms with Crippen LogP contribution in [0.4, 0.5) is 5.69 Å². The average Bonchev–Trinajstić information content (AvgIpc) is 2.09. The summed E-state index contributed by atoms with van der Waals surface area (Å²) in [6.45, 7) is 1.86. The Balaban J connectivity index is 2.75. The lowest BCUT2D eigenvalue weighted by atomic mass is 10.0. The first kappa shape index (κ1) is 8.71. The Hall–Kier alpha value is -1.38. The Morgan fingerprint density at radius 1 is 1.75 bits per heavy atom. The van der Waals surface area contributed by atoms with E-state index in [9.17, 15) is 4.79 Å². The van der Waals surface area contributed by atoms with Crippen molar-refractivity contribution in [1.82, 2.24) is 4.98 Å². The summed E-state index contributed by atoms with van der Waals surface area (Å²) in [4.78, 5) is 14.3. The van der Waals surface area contributed by atoms with Gasteiger partial charge in [-0.2, -0.15) is 0 Å². The molecule has 1 aromatic heterocycles. The molecule has 3 heteroatoms. The van der Waals surface area contributed by atoms with E-state index in [1.54, 1.807) is 18.5 Å². The molecule has 1 heterocycles. The van der Waals surface area contributed by atoms with Crippen molar-refractivity contribution < 1.29 is 4.79 Å². The highest BCUT2D eigenvalue weighted by Crippen LogP contribution is 2.12. The molecule has 0 aliphatic rings. The summed E-state index contributed by atoms with van der Waals surface area (Å²) in [6.07, 6.45) is 4.94. The molecule has 1 unspecified atom stereocenters. The van der Waals surface area contributed by atoms with Crippen LogP contribution >= 0.6 is 0 Å². The Labute approximate surface area is 71.6 Å². The number of aromatic nitrogens is 1. The third-order valence-electron chi connectivity index (χ3n) is 1.72. The molecule has 1 aromatic rings. The number of hydrogen-bond donors (Lipinski definition) is 1. The summed E-state index contributed by atoms with van der Waals surface area (Å²) in [5.74, 6) is 0.0106. The minimum Gasteiger partial charge on any atom is -0.398 e. The fraction of sp³-hybridized carbons (Fsp3) is 0.333. The van der Waals surface area contributed by atoms with Crippen molar-refractivity contribution >= 4 is 12.0 Å². The molecule has 0 bridgehead atoms. The molecule has 12 heavy (non-hydrogen) atoms. The molecule has 3 nitrogen and oxygen atoms in total. The molecule has 0 radical (unpaired) electrons. The highest BCUT2D eigenvalue weighted by Gasteiger charge is 2.04. The van der Waals surface area contributed by atoms with Crippen molar-refractivity contribution in [3.05, 3.63) is 24.0 Å². The second kappa shape index (κ2) is 3.85. The van der Waals surface area contributed by atoms with Crippen molar-refractivity contribution in [2.75, 3.05) is 5.73 Å². The lowest BCUT2D eigenvalue weighted by Crippen LogP contribution is -2.03. The number of rotatable bonds is 3. The topological polar surface area (TPSA) is 56.0 Å². The lowest BCUT2D eigenvalue weighted by Gasteiger charge is -2.05. The van der Waals surface area contributed by atoms with Gasteiger partial charge < -0.3 is 10.5 Å². The molecule has 1 atom stereocenters. The maximum absolute atomic E-state index is 10.4. The number of aldehydes is 1. The van der Waals surface area contributed by atoms with Gasteiger partial charge >= 0.3 is 0 Å². The van der Waals surface area contributed by atoms with Crippen LogP contribution in [0, 0.1) is 5.92 Å². The summed E-state index contributed by atoms with van der Waals surface area (Å²) >= 11 is 0. The fourth-order valence-electron chi connectivity index (χ4n) is 1.00. The van der Waals surface area contributed by atoms with Crippen LogP contribution in [0.15, 0.2) is 18.5 Å². The van der Waals surface area contributed by atoms with Crippen LogP contribution in [0.25, 0.3) is 0 Å². The van der Waals surface area contributed by atoms with Crippen LogP contribution in [0.3, 0.4) is 0 Å². The van der Waals surface area contributed by atoms with E-state index < -0.39 is 0 Å². The van der Waals surface area contributed by atoms with Crippen molar-refractivity contribution in [2.45, 2.75) is 13.3 Å². The van der Waals surface area contributed by atoms with Gasteiger partial charge in [-0.3, -0.25) is 4.98 Å². The number of anilines is 1. The molecule has 2 N–H and O–H groups in total. The van der Waals surface area contributed by atoms with Crippen LogP contribution < -0.4 is 5.73 Å². The van der Waals surface area contributed by atoms with Crippen molar-refractivity contribution in [3.8, 4) is 0 Å². The van der Waals surface area contributed by atoms with Crippen LogP contribution in [-0.2, 0) is 11.2 Å². The van der Waals surface area contributed by atoms with Gasteiger partial charge in [-0.1, -0.05) is 6.92 Å². The van der Waals surface area contributed by atoms with Gasteiger partial charge in [0.1, 0.15) is 6.29 Å². The van der Waals surface area contributed by atoms with Gasteiger partial charge in [-0.25, -0.2) is 0 Å². The third kappa shape index (κ3) is 2.05. The molecule has 0 amide bonds. The standard InChI is InChI=1S/C9H12N2O/c1-7(6-12)4-8-5-11-3-2-9(8)10/h2-3,5-7H,4H2,1H3,(H2,10,11). The first-order chi connectivity index (χ1) is 5.74. The van der Waals surface area contributed by atoms with E-state index in [0.29, 0.717) is 12.1 Å². The van der Waals surface area contributed by atoms with Crippen LogP contribution in [-0.4, -0.2) is 11.3 Å². The van der Waals surface area contributed by atoms with Gasteiger partial charge in [-0.15, -0.1) is 0 Å². The van der Waals surface area contributed by atoms with Crippen molar-refractivity contribution in [3.63, 3.8) is 0 Å². The minimum absolute atomic E-state index is 0.0106. The molecule has 0 saturated heterocycles. The highest BCUT2D eigenvalue weighted by atomic mass is 16.1. The lowest BCUT2D eigenvalue weighted by molar-refractivity contribution is -0.110. The van der Waals surface area contributed by atoms with Crippen molar-refractivity contribution in [2.24, 2.45) is 5.92 Å². The minimum atomic E-state index is 0.0106. The van der Waals surface area contributed by atoms with Gasteiger partial charge in [0.05, 0.1) is 0 Å². The van der Waals surface area contributed by atoms with Crippen LogP contribution in [0.2, 0.25) is 0 Å². The van der Waals surface area contributed by atoms with E-state index in [1.807, 2.05) is 6.92 Å². The largest absolute Gasteiger partial charge is 0.398 e. The number of carbonyl (C=O) groups excluding carboxylic acids is 1. The molecule has 0 fully saturated rings. The van der Waals surface area contributed by atoms with E-state index in [1.165, 1.54) is 0 Å². The molecule has 0 saturated carbocycles. The molecule has 64 valence electrons. The normalized spacial score (nSPS) is 12.4. The van der Waals surface area contributed by atoms with Crippen molar-refractivity contribution in [1.29, 1.82) is 0 Å². The third-order valence-corrected chi connectivity index (χ3v) is 1.72. The molecule has 0 aliphatic heterocycles. The number of nitrogens with two attached hydrogens (primary N) is 1. The zero-order chi connectivity index (χ0) is 8.97. The fourth-order valence-corrected chi connectivity index (χ4v) is 1.00. The summed E-state index contributed by atoms with van der Waals surface area (Å²) in [5, 5.41) is 0. The predicted octanol–water partition coefficient (Wildman–Crippen LogP) is 1.04. The van der Waals surface area contributed by atoms with E-state index in [0.717, 1.165) is 11.8 Å². The van der Waals surface area contributed by atoms with E-state index in [4.69, 9.17) is 5.73 Å². The monoisotopic (exact) mass is 164 g/mol. The van der Waals surface area contributed by atoms with Gasteiger partial charge in [0.25, 0.3) is 0 Å². The van der Waals surface area contributed by atoms with E-state index in [2.05, 4.69) is 4.98 Å². The molecule has 0 aromatic carbocycles. The smallest absolute Gasteiger partial charge is 0.123 e. The van der Waals surface area contributed by atoms with Crippen LogP contribution in [0.1, 0.15) is 12.5 Å². The van der Waals surface area contributed by atoms with Gasteiger partial charge in [0.15, 0.2) is 0 Å². The number of nitrogen functional groups attached to an aromatic ring is 1. The number of carbonyl (C=O) groups is 1. The first-order valence-electron chi connectivity index (χ1n) is 3.87. The molecular formula is C9H12N2O. The SMILES string of the molecule is CC(C=O)Cc1cnccc1N. The van der Waals surface area contributed by atoms with E-state index in [-0.39, 0.29) is 5.92 Å². The highest BCUT2D eigenvalue weighted by molar-refractivity contribution is 5.55. The van der Waals surface area contributed by atoms with Gasteiger partial charge in [-0.05, 0) is 18.1 Å². The summed E-state index contributed by atoms with van der Waals surface area (Å²) in [5.41, 5.74) is 7.32.